The number of amides is 1. The van der Waals surface area contributed by atoms with Crippen molar-refractivity contribution in [2.45, 2.75) is 12.8 Å². The van der Waals surface area contributed by atoms with Gasteiger partial charge < -0.3 is 14.7 Å². The fourth-order valence-corrected chi connectivity index (χ4v) is 3.64. The number of carbonyl (C=O) groups is 2. The molecule has 1 N–H and O–H groups in total. The Balaban J connectivity index is 1.73. The van der Waals surface area contributed by atoms with Crippen LogP contribution in [0.5, 0.6) is 0 Å². The minimum atomic E-state index is -0.845. The molecule has 2 aliphatic heterocycles. The second-order valence-corrected chi connectivity index (χ2v) is 6.50. The van der Waals surface area contributed by atoms with Gasteiger partial charge in [0.15, 0.2) is 0 Å². The third-order valence-electron chi connectivity index (χ3n) is 4.73. The van der Waals surface area contributed by atoms with Gasteiger partial charge in [0.05, 0.1) is 18.4 Å². The SMILES string of the molecule is O=C(Cc1cccc(Cl)c1)N1C[C@H]2COCC[C@@]2(C(=O)O)C1. The molecule has 2 fully saturated rings. The molecule has 5 nitrogen and oxygen atoms in total. The van der Waals surface area contributed by atoms with Gasteiger partial charge in [-0.1, -0.05) is 23.7 Å². The quantitative estimate of drug-likeness (QED) is 0.921. The van der Waals surface area contributed by atoms with Crippen molar-refractivity contribution in [3.8, 4) is 0 Å². The van der Waals surface area contributed by atoms with Gasteiger partial charge in [-0.15, -0.1) is 0 Å². The highest BCUT2D eigenvalue weighted by Crippen LogP contribution is 2.42. The zero-order chi connectivity index (χ0) is 15.7. The molecule has 1 aromatic rings. The van der Waals surface area contributed by atoms with E-state index in [1.807, 2.05) is 6.07 Å². The van der Waals surface area contributed by atoms with Crippen molar-refractivity contribution in [2.24, 2.45) is 11.3 Å². The van der Waals surface area contributed by atoms with Gasteiger partial charge in [-0.2, -0.15) is 0 Å². The smallest absolute Gasteiger partial charge is 0.311 e. The van der Waals surface area contributed by atoms with Crippen LogP contribution in [0.25, 0.3) is 0 Å². The number of carbonyl (C=O) groups excluding carboxylic acids is 1. The summed E-state index contributed by atoms with van der Waals surface area (Å²) in [4.78, 5) is 25.9. The molecule has 0 aromatic heterocycles. The highest BCUT2D eigenvalue weighted by Gasteiger charge is 2.54. The van der Waals surface area contributed by atoms with Crippen LogP contribution in [0.2, 0.25) is 5.02 Å². The Kier molecular flexibility index (Phi) is 4.10. The Labute approximate surface area is 133 Å². The topological polar surface area (TPSA) is 66.8 Å². The summed E-state index contributed by atoms with van der Waals surface area (Å²) in [5.41, 5.74) is -0.00426. The van der Waals surface area contributed by atoms with Crippen molar-refractivity contribution in [3.63, 3.8) is 0 Å². The number of halogens is 1. The van der Waals surface area contributed by atoms with Gasteiger partial charge in [0.2, 0.25) is 5.91 Å². The largest absolute Gasteiger partial charge is 0.481 e. The lowest BCUT2D eigenvalue weighted by Gasteiger charge is -2.33. The summed E-state index contributed by atoms with van der Waals surface area (Å²) in [6.45, 7) is 1.58. The summed E-state index contributed by atoms with van der Waals surface area (Å²) in [6, 6.07) is 7.18. The van der Waals surface area contributed by atoms with Gasteiger partial charge in [-0.3, -0.25) is 9.59 Å². The minimum Gasteiger partial charge on any atom is -0.481 e. The Morgan fingerprint density at radius 1 is 1.45 bits per heavy atom. The van der Waals surface area contributed by atoms with Crippen molar-refractivity contribution in [2.75, 3.05) is 26.3 Å². The van der Waals surface area contributed by atoms with E-state index in [-0.39, 0.29) is 24.8 Å². The zero-order valence-corrected chi connectivity index (χ0v) is 12.9. The standard InChI is InChI=1S/C16H18ClNO4/c17-13-3-1-2-11(6-13)7-14(19)18-8-12-9-22-5-4-16(12,10-18)15(20)21/h1-3,6,12H,4-5,7-10H2,(H,20,21)/t12-,16+/m0/s1. The maximum atomic E-state index is 12.5. The monoisotopic (exact) mass is 323 g/mol. The van der Waals surface area contributed by atoms with E-state index in [4.69, 9.17) is 16.3 Å². The molecule has 6 heteroatoms. The Hall–Kier alpha value is -1.59. The average Bonchev–Trinajstić information content (AvgIpc) is 2.88. The normalized spacial score (nSPS) is 27.5. The maximum absolute atomic E-state index is 12.5. The Bertz CT molecular complexity index is 606. The number of hydrogen-bond acceptors (Lipinski definition) is 3. The molecule has 2 atom stereocenters. The summed E-state index contributed by atoms with van der Waals surface area (Å²) in [6.07, 6.45) is 0.706. The summed E-state index contributed by atoms with van der Waals surface area (Å²) in [5, 5.41) is 10.2. The number of hydrogen-bond donors (Lipinski definition) is 1. The van der Waals surface area contributed by atoms with E-state index in [2.05, 4.69) is 0 Å². The molecule has 2 saturated heterocycles. The van der Waals surface area contributed by atoms with E-state index >= 15 is 0 Å². The number of nitrogens with zero attached hydrogens (tertiary/aromatic N) is 1. The van der Waals surface area contributed by atoms with Gasteiger partial charge in [0.1, 0.15) is 0 Å². The number of carboxylic acids is 1. The van der Waals surface area contributed by atoms with Gasteiger partial charge in [-0.25, -0.2) is 0 Å². The van der Waals surface area contributed by atoms with E-state index in [0.717, 1.165) is 5.56 Å². The number of fused-ring (bicyclic) bond motifs is 1. The first kappa shape index (κ1) is 15.3. The van der Waals surface area contributed by atoms with Crippen LogP contribution in [-0.2, 0) is 20.7 Å². The summed E-state index contributed by atoms with van der Waals surface area (Å²) in [5.74, 6) is -1.00. The third-order valence-corrected chi connectivity index (χ3v) is 4.96. The lowest BCUT2D eigenvalue weighted by atomic mass is 9.74. The molecule has 0 radical (unpaired) electrons. The highest BCUT2D eigenvalue weighted by molar-refractivity contribution is 6.30. The molecule has 2 heterocycles. The molecular formula is C16H18ClNO4. The van der Waals surface area contributed by atoms with Gasteiger partial charge in [-0.05, 0) is 24.1 Å². The number of rotatable bonds is 3. The van der Waals surface area contributed by atoms with Crippen LogP contribution in [0.1, 0.15) is 12.0 Å². The fraction of sp³-hybridized carbons (Fsp3) is 0.500. The summed E-state index contributed by atoms with van der Waals surface area (Å²) in [7, 11) is 0. The van der Waals surface area contributed by atoms with E-state index in [0.29, 0.717) is 31.2 Å². The van der Waals surface area contributed by atoms with E-state index in [1.165, 1.54) is 0 Å². The number of ether oxygens (including phenoxy) is 1. The number of carboxylic acid groups (broad SMARTS) is 1. The Morgan fingerprint density at radius 2 is 2.27 bits per heavy atom. The Morgan fingerprint density at radius 3 is 2.95 bits per heavy atom. The van der Waals surface area contributed by atoms with Crippen LogP contribution in [0.15, 0.2) is 24.3 Å². The van der Waals surface area contributed by atoms with Crippen molar-refractivity contribution in [3.05, 3.63) is 34.9 Å². The average molecular weight is 324 g/mol. The molecular weight excluding hydrogens is 306 g/mol. The van der Waals surface area contributed by atoms with Crippen LogP contribution >= 0.6 is 11.6 Å². The maximum Gasteiger partial charge on any atom is 0.311 e. The summed E-state index contributed by atoms with van der Waals surface area (Å²) < 4.78 is 5.40. The predicted molar refractivity (Wildman–Crippen MR) is 80.7 cm³/mol. The molecule has 0 aliphatic carbocycles. The fourth-order valence-electron chi connectivity index (χ4n) is 3.42. The first-order chi connectivity index (χ1) is 10.5. The van der Waals surface area contributed by atoms with Gasteiger partial charge in [0.25, 0.3) is 0 Å². The molecule has 0 spiro atoms. The van der Waals surface area contributed by atoms with Crippen LogP contribution in [0.3, 0.4) is 0 Å². The second-order valence-electron chi connectivity index (χ2n) is 6.06. The van der Waals surface area contributed by atoms with E-state index < -0.39 is 11.4 Å². The minimum absolute atomic E-state index is 0.0581. The van der Waals surface area contributed by atoms with Crippen molar-refractivity contribution in [1.29, 1.82) is 0 Å². The number of likely N-dealkylation sites (tertiary alicyclic amines) is 1. The zero-order valence-electron chi connectivity index (χ0n) is 12.1. The molecule has 0 bridgehead atoms. The molecule has 1 amide bonds. The molecule has 118 valence electrons. The molecule has 3 rings (SSSR count). The van der Waals surface area contributed by atoms with Crippen LogP contribution < -0.4 is 0 Å². The van der Waals surface area contributed by atoms with Crippen molar-refractivity contribution in [1.82, 2.24) is 4.90 Å². The molecule has 2 aliphatic rings. The summed E-state index contributed by atoms with van der Waals surface area (Å²) >= 11 is 5.93. The van der Waals surface area contributed by atoms with Crippen molar-refractivity contribution >= 4 is 23.5 Å². The van der Waals surface area contributed by atoms with Gasteiger partial charge in [0, 0.05) is 30.6 Å². The number of benzene rings is 1. The molecule has 0 unspecified atom stereocenters. The first-order valence-corrected chi connectivity index (χ1v) is 7.72. The van der Waals surface area contributed by atoms with Crippen LogP contribution in [-0.4, -0.2) is 48.2 Å². The highest BCUT2D eigenvalue weighted by atomic mass is 35.5. The van der Waals surface area contributed by atoms with Crippen molar-refractivity contribution < 1.29 is 19.4 Å². The second kappa shape index (κ2) is 5.89. The predicted octanol–water partition coefficient (Wildman–Crippen LogP) is 1.83. The number of aliphatic carboxylic acids is 1. The van der Waals surface area contributed by atoms with Crippen LogP contribution in [0.4, 0.5) is 0 Å². The third kappa shape index (κ3) is 2.71. The van der Waals surface area contributed by atoms with Crippen LogP contribution in [0, 0.1) is 11.3 Å². The lowest BCUT2D eigenvalue weighted by Crippen LogP contribution is -2.45. The molecule has 1 aromatic carbocycles. The lowest BCUT2D eigenvalue weighted by molar-refractivity contribution is -0.157. The van der Waals surface area contributed by atoms with E-state index in [1.54, 1.807) is 23.1 Å². The molecule has 0 saturated carbocycles. The first-order valence-electron chi connectivity index (χ1n) is 7.35. The van der Waals surface area contributed by atoms with Gasteiger partial charge >= 0.3 is 5.97 Å². The molecule has 22 heavy (non-hydrogen) atoms. The van der Waals surface area contributed by atoms with E-state index in [9.17, 15) is 14.7 Å².